The summed E-state index contributed by atoms with van der Waals surface area (Å²) in [5.74, 6) is 0. The topological polar surface area (TPSA) is 30.3 Å². The third kappa shape index (κ3) is 2.51. The van der Waals surface area contributed by atoms with E-state index in [0.29, 0.717) is 0 Å². The first-order valence-electron chi connectivity index (χ1n) is 6.86. The molecule has 0 bridgehead atoms. The lowest BCUT2D eigenvalue weighted by Gasteiger charge is -2.30. The number of hydrogen-bond donors (Lipinski definition) is 0. The number of aromatic nitrogens is 2. The van der Waals surface area contributed by atoms with Crippen LogP contribution in [0.5, 0.6) is 0 Å². The van der Waals surface area contributed by atoms with Gasteiger partial charge in [0.05, 0.1) is 36.6 Å². The first kappa shape index (κ1) is 12.6. The van der Waals surface area contributed by atoms with Crippen LogP contribution in [0.3, 0.4) is 0 Å². The predicted octanol–water partition coefficient (Wildman–Crippen LogP) is 1.98. The van der Waals surface area contributed by atoms with Crippen LogP contribution in [0.2, 0.25) is 0 Å². The van der Waals surface area contributed by atoms with Gasteiger partial charge in [0.2, 0.25) is 0 Å². The molecule has 102 valence electrons. The van der Waals surface area contributed by atoms with Gasteiger partial charge in [0.1, 0.15) is 0 Å². The summed E-state index contributed by atoms with van der Waals surface area (Å²) in [6.45, 7) is 8.00. The monoisotopic (exact) mass is 259 g/mol. The number of hydrogen-bond acceptors (Lipinski definition) is 3. The summed E-state index contributed by atoms with van der Waals surface area (Å²) >= 11 is 0. The summed E-state index contributed by atoms with van der Waals surface area (Å²) in [4.78, 5) is 6.82. The molecule has 4 heteroatoms. The molecule has 3 rings (SSSR count). The zero-order valence-electron chi connectivity index (χ0n) is 11.9. The van der Waals surface area contributed by atoms with Crippen molar-refractivity contribution >= 4 is 11.0 Å². The normalized spacial score (nSPS) is 21.1. The van der Waals surface area contributed by atoms with E-state index >= 15 is 0 Å². The number of rotatable bonds is 2. The molecule has 0 amide bonds. The van der Waals surface area contributed by atoms with Crippen molar-refractivity contribution < 1.29 is 4.74 Å². The van der Waals surface area contributed by atoms with Gasteiger partial charge in [-0.05, 0) is 44.2 Å². The van der Waals surface area contributed by atoms with Crippen molar-refractivity contribution in [2.45, 2.75) is 26.5 Å². The van der Waals surface area contributed by atoms with Crippen molar-refractivity contribution in [1.82, 2.24) is 14.5 Å². The van der Waals surface area contributed by atoms with E-state index in [1.54, 1.807) is 0 Å². The molecule has 1 aliphatic rings. The molecule has 1 fully saturated rings. The van der Waals surface area contributed by atoms with E-state index in [-0.39, 0.29) is 6.10 Å². The molecule has 4 nitrogen and oxygen atoms in total. The molecule has 1 aromatic heterocycles. The van der Waals surface area contributed by atoms with Crippen molar-refractivity contribution in [3.05, 3.63) is 29.6 Å². The number of morpholine rings is 1. The summed E-state index contributed by atoms with van der Waals surface area (Å²) in [5, 5.41) is 0. The highest BCUT2D eigenvalue weighted by atomic mass is 16.5. The van der Waals surface area contributed by atoms with Crippen LogP contribution in [-0.4, -0.2) is 47.3 Å². The van der Waals surface area contributed by atoms with Crippen LogP contribution in [0.4, 0.5) is 0 Å². The van der Waals surface area contributed by atoms with E-state index in [1.807, 2.05) is 6.33 Å². The molecule has 1 unspecified atom stereocenters. The van der Waals surface area contributed by atoms with E-state index in [4.69, 9.17) is 4.74 Å². The van der Waals surface area contributed by atoms with Gasteiger partial charge in [-0.25, -0.2) is 4.98 Å². The van der Waals surface area contributed by atoms with E-state index in [2.05, 4.69) is 47.5 Å². The Morgan fingerprint density at radius 3 is 2.89 bits per heavy atom. The zero-order chi connectivity index (χ0) is 13.4. The molecule has 0 spiro atoms. The zero-order valence-corrected chi connectivity index (χ0v) is 11.9. The standard InChI is InChI=1S/C15H21N3O/c1-11-6-14-15(7-12(11)2)18(10-16-14)9-13-8-17(3)4-5-19-13/h6-7,10,13H,4-5,8-9H2,1-3H3. The van der Waals surface area contributed by atoms with Gasteiger partial charge in [-0.2, -0.15) is 0 Å². The van der Waals surface area contributed by atoms with E-state index in [9.17, 15) is 0 Å². The lowest BCUT2D eigenvalue weighted by atomic mass is 10.1. The Labute approximate surface area is 114 Å². The first-order chi connectivity index (χ1) is 9.13. The fraction of sp³-hybridized carbons (Fsp3) is 0.533. The van der Waals surface area contributed by atoms with Crippen molar-refractivity contribution in [3.63, 3.8) is 0 Å². The van der Waals surface area contributed by atoms with Gasteiger partial charge in [0, 0.05) is 13.1 Å². The number of imidazole rings is 1. The average Bonchev–Trinajstić information content (AvgIpc) is 2.73. The minimum absolute atomic E-state index is 0.262. The lowest BCUT2D eigenvalue weighted by molar-refractivity contribution is -0.0269. The maximum Gasteiger partial charge on any atom is 0.0959 e. The number of nitrogens with zero attached hydrogens (tertiary/aromatic N) is 3. The van der Waals surface area contributed by atoms with Crippen LogP contribution < -0.4 is 0 Å². The van der Waals surface area contributed by atoms with Crippen LogP contribution in [0.15, 0.2) is 18.5 Å². The second-order valence-electron chi connectivity index (χ2n) is 5.58. The summed E-state index contributed by atoms with van der Waals surface area (Å²) in [6, 6.07) is 4.39. The van der Waals surface area contributed by atoms with Crippen molar-refractivity contribution in [2.24, 2.45) is 0 Å². The van der Waals surface area contributed by atoms with E-state index < -0.39 is 0 Å². The van der Waals surface area contributed by atoms with Crippen LogP contribution in [0.25, 0.3) is 11.0 Å². The summed E-state index contributed by atoms with van der Waals surface area (Å²) in [5.41, 5.74) is 4.90. The van der Waals surface area contributed by atoms with E-state index in [1.165, 1.54) is 16.6 Å². The highest BCUT2D eigenvalue weighted by molar-refractivity contribution is 5.77. The maximum atomic E-state index is 5.83. The smallest absolute Gasteiger partial charge is 0.0959 e. The molecule has 1 aromatic carbocycles. The van der Waals surface area contributed by atoms with Crippen LogP contribution >= 0.6 is 0 Å². The Kier molecular flexibility index (Phi) is 3.29. The van der Waals surface area contributed by atoms with Crippen molar-refractivity contribution in [3.8, 4) is 0 Å². The number of aryl methyl sites for hydroxylation is 2. The number of likely N-dealkylation sites (N-methyl/N-ethyl adjacent to an activating group) is 1. The Morgan fingerprint density at radius 2 is 2.11 bits per heavy atom. The molecule has 0 radical (unpaired) electrons. The molecule has 2 heterocycles. The molecule has 0 aliphatic carbocycles. The molecule has 1 saturated heterocycles. The van der Waals surface area contributed by atoms with Gasteiger partial charge in [-0.1, -0.05) is 0 Å². The fourth-order valence-electron chi connectivity index (χ4n) is 2.66. The van der Waals surface area contributed by atoms with Gasteiger partial charge in [0.15, 0.2) is 0 Å². The summed E-state index contributed by atoms with van der Waals surface area (Å²) < 4.78 is 8.05. The Morgan fingerprint density at radius 1 is 1.32 bits per heavy atom. The second kappa shape index (κ2) is 4.94. The average molecular weight is 259 g/mol. The van der Waals surface area contributed by atoms with Gasteiger partial charge >= 0.3 is 0 Å². The van der Waals surface area contributed by atoms with Crippen LogP contribution in [0.1, 0.15) is 11.1 Å². The van der Waals surface area contributed by atoms with Gasteiger partial charge in [-0.3, -0.25) is 0 Å². The third-order valence-corrected chi connectivity index (χ3v) is 3.98. The fourth-order valence-corrected chi connectivity index (χ4v) is 2.66. The van der Waals surface area contributed by atoms with E-state index in [0.717, 1.165) is 31.8 Å². The Bertz CT molecular complexity index is 590. The minimum atomic E-state index is 0.262. The first-order valence-corrected chi connectivity index (χ1v) is 6.86. The van der Waals surface area contributed by atoms with Crippen LogP contribution in [-0.2, 0) is 11.3 Å². The molecule has 2 aromatic rings. The molecule has 1 aliphatic heterocycles. The van der Waals surface area contributed by atoms with Gasteiger partial charge in [0.25, 0.3) is 0 Å². The van der Waals surface area contributed by atoms with Gasteiger partial charge in [-0.15, -0.1) is 0 Å². The largest absolute Gasteiger partial charge is 0.374 e. The van der Waals surface area contributed by atoms with Crippen LogP contribution in [0, 0.1) is 13.8 Å². The predicted molar refractivity (Wildman–Crippen MR) is 76.4 cm³/mol. The molecule has 1 atom stereocenters. The number of benzene rings is 1. The van der Waals surface area contributed by atoms with Crippen molar-refractivity contribution in [1.29, 1.82) is 0 Å². The highest BCUT2D eigenvalue weighted by Gasteiger charge is 2.19. The highest BCUT2D eigenvalue weighted by Crippen LogP contribution is 2.19. The summed E-state index contributed by atoms with van der Waals surface area (Å²) in [6.07, 6.45) is 2.19. The van der Waals surface area contributed by atoms with Crippen molar-refractivity contribution in [2.75, 3.05) is 26.7 Å². The van der Waals surface area contributed by atoms with Gasteiger partial charge < -0.3 is 14.2 Å². The Hall–Kier alpha value is -1.39. The Balaban J connectivity index is 1.86. The SMILES string of the molecule is Cc1cc2ncn(CC3CN(C)CCO3)c2cc1C. The molecule has 0 saturated carbocycles. The lowest BCUT2D eigenvalue weighted by Crippen LogP contribution is -2.41. The second-order valence-corrected chi connectivity index (χ2v) is 5.58. The molecular weight excluding hydrogens is 238 g/mol. The molecule has 19 heavy (non-hydrogen) atoms. The molecule has 0 N–H and O–H groups in total. The summed E-state index contributed by atoms with van der Waals surface area (Å²) in [7, 11) is 2.15. The third-order valence-electron chi connectivity index (χ3n) is 3.98. The number of fused-ring (bicyclic) bond motifs is 1. The maximum absolute atomic E-state index is 5.83. The quantitative estimate of drug-likeness (QED) is 0.826. The minimum Gasteiger partial charge on any atom is -0.374 e. The molecular formula is C15H21N3O. The number of ether oxygens (including phenoxy) is 1.